The van der Waals surface area contributed by atoms with Crippen molar-refractivity contribution in [3.63, 3.8) is 0 Å². The standard InChI is InChI=1S/C11H12Cl3N/c12-7-4-8(11(14)9(13)5-7)10(15)3-6-1-2-6/h4-6,10H,1-3,15H2/t10-/m1/s1. The van der Waals surface area contributed by atoms with Gasteiger partial charge in [-0.3, -0.25) is 0 Å². The van der Waals surface area contributed by atoms with Crippen molar-refractivity contribution in [3.8, 4) is 0 Å². The maximum atomic E-state index is 6.09. The van der Waals surface area contributed by atoms with Crippen molar-refractivity contribution in [2.24, 2.45) is 11.7 Å². The molecule has 0 radical (unpaired) electrons. The molecule has 2 N–H and O–H groups in total. The van der Waals surface area contributed by atoms with Gasteiger partial charge in [0.05, 0.1) is 10.0 Å². The van der Waals surface area contributed by atoms with Crippen LogP contribution in [0.1, 0.15) is 30.9 Å². The maximum Gasteiger partial charge on any atom is 0.0641 e. The van der Waals surface area contributed by atoms with Crippen LogP contribution in [0, 0.1) is 5.92 Å². The summed E-state index contributed by atoms with van der Waals surface area (Å²) in [5.74, 6) is 0.758. The van der Waals surface area contributed by atoms with Gasteiger partial charge in [0, 0.05) is 11.1 Å². The summed E-state index contributed by atoms with van der Waals surface area (Å²) in [4.78, 5) is 0. The van der Waals surface area contributed by atoms with Gasteiger partial charge < -0.3 is 5.73 Å². The van der Waals surface area contributed by atoms with Crippen molar-refractivity contribution in [2.75, 3.05) is 0 Å². The highest BCUT2D eigenvalue weighted by molar-refractivity contribution is 6.43. The van der Waals surface area contributed by atoms with Gasteiger partial charge in [-0.05, 0) is 30.0 Å². The molecule has 0 saturated heterocycles. The van der Waals surface area contributed by atoms with Gasteiger partial charge in [0.15, 0.2) is 0 Å². The Morgan fingerprint density at radius 3 is 2.53 bits per heavy atom. The molecule has 0 aliphatic heterocycles. The molecule has 4 heteroatoms. The SMILES string of the molecule is N[C@H](CC1CC1)c1cc(Cl)cc(Cl)c1Cl. The molecule has 1 aromatic rings. The van der Waals surface area contributed by atoms with E-state index in [0.29, 0.717) is 15.1 Å². The van der Waals surface area contributed by atoms with Crippen LogP contribution >= 0.6 is 34.8 Å². The lowest BCUT2D eigenvalue weighted by Crippen LogP contribution is -2.11. The quantitative estimate of drug-likeness (QED) is 0.802. The average Bonchev–Trinajstić information content (AvgIpc) is 2.94. The summed E-state index contributed by atoms with van der Waals surface area (Å²) in [5.41, 5.74) is 6.93. The van der Waals surface area contributed by atoms with Crippen LogP contribution < -0.4 is 5.73 Å². The van der Waals surface area contributed by atoms with E-state index in [-0.39, 0.29) is 6.04 Å². The van der Waals surface area contributed by atoms with Crippen molar-refractivity contribution in [1.82, 2.24) is 0 Å². The summed E-state index contributed by atoms with van der Waals surface area (Å²) >= 11 is 18.0. The average molecular weight is 265 g/mol. The van der Waals surface area contributed by atoms with Gasteiger partial charge >= 0.3 is 0 Å². The molecule has 1 aromatic carbocycles. The molecule has 0 bridgehead atoms. The third kappa shape index (κ3) is 2.79. The van der Waals surface area contributed by atoms with Gasteiger partial charge in [-0.2, -0.15) is 0 Å². The van der Waals surface area contributed by atoms with E-state index in [1.165, 1.54) is 12.8 Å². The molecule has 1 aliphatic carbocycles. The third-order valence-electron chi connectivity index (χ3n) is 2.70. The van der Waals surface area contributed by atoms with E-state index < -0.39 is 0 Å². The minimum absolute atomic E-state index is 0.0544. The number of benzene rings is 1. The molecule has 0 heterocycles. The molecule has 0 spiro atoms. The number of hydrogen-bond donors (Lipinski definition) is 1. The van der Waals surface area contributed by atoms with Gasteiger partial charge in [0.25, 0.3) is 0 Å². The van der Waals surface area contributed by atoms with Gasteiger partial charge in [-0.25, -0.2) is 0 Å². The lowest BCUT2D eigenvalue weighted by Gasteiger charge is -2.14. The second kappa shape index (κ2) is 4.50. The number of nitrogens with two attached hydrogens (primary N) is 1. The Morgan fingerprint density at radius 1 is 1.27 bits per heavy atom. The van der Waals surface area contributed by atoms with Gasteiger partial charge in [-0.1, -0.05) is 47.6 Å². The van der Waals surface area contributed by atoms with Crippen LogP contribution in [-0.4, -0.2) is 0 Å². The third-order valence-corrected chi connectivity index (χ3v) is 3.74. The molecule has 1 atom stereocenters. The Hall–Kier alpha value is 0.0500. The molecule has 1 fully saturated rings. The van der Waals surface area contributed by atoms with E-state index in [9.17, 15) is 0 Å². The Bertz CT molecular complexity index is 374. The second-order valence-electron chi connectivity index (χ2n) is 4.08. The van der Waals surface area contributed by atoms with Crippen LogP contribution in [0.25, 0.3) is 0 Å². The molecule has 0 amide bonds. The predicted molar refractivity (Wildman–Crippen MR) is 65.7 cm³/mol. The highest BCUT2D eigenvalue weighted by atomic mass is 35.5. The van der Waals surface area contributed by atoms with Crippen molar-refractivity contribution in [3.05, 3.63) is 32.8 Å². The van der Waals surface area contributed by atoms with Gasteiger partial charge in [0.1, 0.15) is 0 Å². The molecule has 1 aliphatic rings. The fourth-order valence-corrected chi connectivity index (χ4v) is 2.44. The van der Waals surface area contributed by atoms with E-state index in [1.807, 2.05) is 6.07 Å². The van der Waals surface area contributed by atoms with Crippen LogP contribution in [0.15, 0.2) is 12.1 Å². The zero-order valence-corrected chi connectivity index (χ0v) is 10.4. The van der Waals surface area contributed by atoms with E-state index in [2.05, 4.69) is 0 Å². The van der Waals surface area contributed by atoms with Gasteiger partial charge in [0.2, 0.25) is 0 Å². The zero-order valence-electron chi connectivity index (χ0n) is 8.14. The topological polar surface area (TPSA) is 26.0 Å². The first-order chi connectivity index (χ1) is 7.08. The minimum Gasteiger partial charge on any atom is -0.324 e. The zero-order chi connectivity index (χ0) is 11.0. The molecule has 15 heavy (non-hydrogen) atoms. The second-order valence-corrected chi connectivity index (χ2v) is 5.30. The molecular formula is C11H12Cl3N. The first-order valence-corrected chi connectivity index (χ1v) is 6.11. The number of hydrogen-bond acceptors (Lipinski definition) is 1. The normalized spacial score (nSPS) is 17.9. The first kappa shape index (κ1) is 11.5. The Morgan fingerprint density at radius 2 is 1.93 bits per heavy atom. The molecular weight excluding hydrogens is 252 g/mol. The predicted octanol–water partition coefficient (Wildman–Crippen LogP) is 4.45. The summed E-state index contributed by atoms with van der Waals surface area (Å²) < 4.78 is 0. The first-order valence-electron chi connectivity index (χ1n) is 4.98. The highest BCUT2D eigenvalue weighted by Gasteiger charge is 2.25. The lowest BCUT2D eigenvalue weighted by atomic mass is 10.0. The van der Waals surface area contributed by atoms with Crippen molar-refractivity contribution >= 4 is 34.8 Å². The molecule has 1 saturated carbocycles. The van der Waals surface area contributed by atoms with E-state index in [4.69, 9.17) is 40.5 Å². The minimum atomic E-state index is -0.0544. The van der Waals surface area contributed by atoms with Crippen LogP contribution in [0.3, 0.4) is 0 Å². The van der Waals surface area contributed by atoms with E-state index in [1.54, 1.807) is 6.07 Å². The molecule has 2 rings (SSSR count). The summed E-state index contributed by atoms with van der Waals surface area (Å²) in [5, 5.41) is 1.60. The Labute approximate surface area is 104 Å². The fraction of sp³-hybridized carbons (Fsp3) is 0.455. The Balaban J connectivity index is 2.24. The monoisotopic (exact) mass is 263 g/mol. The number of halogens is 3. The maximum absolute atomic E-state index is 6.09. The number of rotatable bonds is 3. The van der Waals surface area contributed by atoms with Gasteiger partial charge in [-0.15, -0.1) is 0 Å². The van der Waals surface area contributed by atoms with Crippen molar-refractivity contribution < 1.29 is 0 Å². The van der Waals surface area contributed by atoms with Crippen molar-refractivity contribution in [2.45, 2.75) is 25.3 Å². The van der Waals surface area contributed by atoms with E-state index >= 15 is 0 Å². The smallest absolute Gasteiger partial charge is 0.0641 e. The molecule has 0 unspecified atom stereocenters. The van der Waals surface area contributed by atoms with Crippen molar-refractivity contribution in [1.29, 1.82) is 0 Å². The molecule has 82 valence electrons. The molecule has 1 nitrogen and oxygen atoms in total. The summed E-state index contributed by atoms with van der Waals surface area (Å²) in [7, 11) is 0. The lowest BCUT2D eigenvalue weighted by molar-refractivity contribution is 0.597. The fourth-order valence-electron chi connectivity index (χ4n) is 1.69. The van der Waals surface area contributed by atoms with E-state index in [0.717, 1.165) is 17.9 Å². The summed E-state index contributed by atoms with van der Waals surface area (Å²) in [6.07, 6.45) is 3.52. The highest BCUT2D eigenvalue weighted by Crippen LogP contribution is 2.40. The van der Waals surface area contributed by atoms with Crippen LogP contribution in [0.5, 0.6) is 0 Å². The largest absolute Gasteiger partial charge is 0.324 e. The van der Waals surface area contributed by atoms with Crippen LogP contribution in [0.2, 0.25) is 15.1 Å². The van der Waals surface area contributed by atoms with Crippen LogP contribution in [0.4, 0.5) is 0 Å². The summed E-state index contributed by atoms with van der Waals surface area (Å²) in [6, 6.07) is 3.39. The Kier molecular flexibility index (Phi) is 3.46. The van der Waals surface area contributed by atoms with Crippen LogP contribution in [-0.2, 0) is 0 Å². The summed E-state index contributed by atoms with van der Waals surface area (Å²) in [6.45, 7) is 0. The molecule has 0 aromatic heterocycles.